The average Bonchev–Trinajstić information content (AvgIpc) is 1.52. The van der Waals surface area contributed by atoms with Crippen molar-refractivity contribution in [2.45, 2.75) is 150 Å². The van der Waals surface area contributed by atoms with E-state index in [4.69, 9.17) is 37.9 Å². The molecule has 26 N–H and O–H groups in total. The Morgan fingerprint density at radius 3 is 1.56 bits per heavy atom. The van der Waals surface area contributed by atoms with Gasteiger partial charge in [-0.05, 0) is 118 Å². The summed E-state index contributed by atoms with van der Waals surface area (Å²) in [5.74, 6) is -25.1. The SMILES string of the molecule is NCCCC[C@@H](NC(=O)[C@@H](CC(=O)O)NC(=O)[C@@H](CC(=O)O)NC(=O)[C@H](CCCn1cc(CCOC(=O)NCCNC(=S)Nc2ccc3c(c2)C(=O)OC32c3ccc(O)cc3Oc3cc(O)ccc32)nn1)NC(=O)[C@@H](CC(=O)O)NC(=O)[C@@H](CC(=O)O)NC(=O)[C@@H](CC(=O)O)NC(=O)CC[C@H](NC(=O)c1ccc(NCc2cnc3nc(N)nc(O)c3n2)cc1)C(=O)O)C(=O)O. The maximum absolute atomic E-state index is 14.5. The minimum atomic E-state index is -2.39. The minimum absolute atomic E-state index is 0.0284. The quantitative estimate of drug-likeness (QED) is 0.0107. The van der Waals surface area contributed by atoms with Crippen LogP contribution in [0.25, 0.3) is 11.2 Å². The second kappa shape index (κ2) is 45.0. The van der Waals surface area contributed by atoms with Crippen LogP contribution in [0, 0.1) is 0 Å². The molecule has 52 heteroatoms. The van der Waals surface area contributed by atoms with Gasteiger partial charge in [-0.25, -0.2) is 29.1 Å². The van der Waals surface area contributed by atoms with E-state index < -0.39 is 212 Å². The van der Waals surface area contributed by atoms with E-state index in [-0.39, 0.29) is 127 Å². The number of nitrogens with zero attached hydrogens (tertiary/aromatic N) is 7. The number of anilines is 3. The van der Waals surface area contributed by atoms with Crippen molar-refractivity contribution in [1.82, 2.24) is 88.1 Å². The number of amides is 9. The second-order valence-corrected chi connectivity index (χ2v) is 29.4. The van der Waals surface area contributed by atoms with Crippen LogP contribution in [0.3, 0.4) is 0 Å². The first-order chi connectivity index (χ1) is 61.7. The number of hydrogen-bond donors (Lipinski definition) is 24. The van der Waals surface area contributed by atoms with Gasteiger partial charge in [0.2, 0.25) is 53.2 Å². The maximum atomic E-state index is 14.5. The Hall–Kier alpha value is -16.3. The van der Waals surface area contributed by atoms with Crippen molar-refractivity contribution in [1.29, 1.82) is 0 Å². The van der Waals surface area contributed by atoms with E-state index in [0.29, 0.717) is 40.2 Å². The molecule has 51 nitrogen and oxygen atoms in total. The van der Waals surface area contributed by atoms with Gasteiger partial charge in [-0.15, -0.1) is 5.10 Å². The number of aromatic hydroxyl groups is 3. The van der Waals surface area contributed by atoms with Crippen LogP contribution in [-0.4, -0.2) is 267 Å². The second-order valence-electron chi connectivity index (χ2n) is 29.0. The largest absolute Gasteiger partial charge is 0.508 e. The van der Waals surface area contributed by atoms with Crippen molar-refractivity contribution in [3.63, 3.8) is 0 Å². The normalized spacial score (nSPS) is 13.7. The molecule has 7 aromatic rings. The molecule has 0 radical (unpaired) electrons. The third-order valence-corrected chi connectivity index (χ3v) is 19.6. The summed E-state index contributed by atoms with van der Waals surface area (Å²) in [6, 6.07) is 1.99. The highest BCUT2D eigenvalue weighted by Crippen LogP contribution is 2.57. The van der Waals surface area contributed by atoms with Crippen molar-refractivity contribution in [2.24, 2.45) is 5.73 Å². The zero-order valence-corrected chi connectivity index (χ0v) is 68.9. The molecule has 0 unspecified atom stereocenters. The van der Waals surface area contributed by atoms with Crippen LogP contribution >= 0.6 is 12.2 Å². The number of rotatable bonds is 48. The van der Waals surface area contributed by atoms with Gasteiger partial charge in [-0.1, -0.05) is 11.3 Å². The molecule has 2 aliphatic rings. The number of unbranched alkanes of at least 4 members (excludes halogenated alkanes) is 1. The smallest absolute Gasteiger partial charge is 0.407 e. The molecule has 2 aliphatic heterocycles. The van der Waals surface area contributed by atoms with E-state index in [2.05, 4.69) is 72.8 Å². The zero-order valence-electron chi connectivity index (χ0n) is 68.0. The monoisotopic (exact) mass is 1830 g/mol. The van der Waals surface area contributed by atoms with E-state index in [1.807, 2.05) is 21.3 Å². The number of carboxylic acids is 7. The van der Waals surface area contributed by atoms with Crippen LogP contribution in [0.1, 0.15) is 126 Å². The van der Waals surface area contributed by atoms with E-state index in [1.165, 1.54) is 71.7 Å². The van der Waals surface area contributed by atoms with Crippen LogP contribution in [-0.2, 0) is 102 Å². The van der Waals surface area contributed by atoms with Gasteiger partial charge in [0.25, 0.3) is 5.91 Å². The maximum Gasteiger partial charge on any atom is 0.407 e. The van der Waals surface area contributed by atoms with E-state index in [9.17, 15) is 133 Å². The number of esters is 1. The van der Waals surface area contributed by atoms with Crippen LogP contribution in [0.4, 0.5) is 22.1 Å². The number of hydrogen-bond acceptors (Lipinski definition) is 33. The summed E-state index contributed by atoms with van der Waals surface area (Å²) in [5, 5.41) is 136. The number of carbonyl (C=O) groups is 17. The highest BCUT2D eigenvalue weighted by atomic mass is 32.1. The number of aromatic nitrogens is 7. The fraction of sp³-hybridized carbons (Fsp3) is 0.359. The number of nitrogens with one attached hydrogen (secondary N) is 12. The number of carboxylic acid groups (broad SMARTS) is 7. The van der Waals surface area contributed by atoms with Gasteiger partial charge in [0.15, 0.2) is 21.9 Å². The van der Waals surface area contributed by atoms with Gasteiger partial charge in [0, 0.05) is 84.4 Å². The number of carbonyl (C=O) groups excluding carboxylic acids is 10. The fourth-order valence-electron chi connectivity index (χ4n) is 13.2. The molecule has 690 valence electrons. The van der Waals surface area contributed by atoms with Crippen molar-refractivity contribution < 1.29 is 147 Å². The molecule has 0 fully saturated rings. The Bertz CT molecular complexity index is 5480. The number of nitrogen functional groups attached to an aromatic ring is 1. The van der Waals surface area contributed by atoms with E-state index in [1.54, 1.807) is 24.3 Å². The topological polar surface area (TPSA) is 799 Å². The van der Waals surface area contributed by atoms with Gasteiger partial charge in [0.05, 0.1) is 68.4 Å². The Kier molecular flexibility index (Phi) is 33.8. The standard InChI is InChI=1S/C78H87N21O30S/c79-19-2-1-4-47(72(121)122)90-68(117)51(29-59(107)108)94-69(118)52(30-60(109)110)91-65(114)46(5-3-22-99-34-38(97-98-99)18-23-127-77(126)82-21-20-81-76(130)86-37-10-13-43-42(24-37)74(125)129-78(43)44-14-11-40(100)25-54(44)128-55-26-41(101)12-15-45(55)78)88-67(116)50(28-58(105)106)93-70(119)53(31-61(111)112)92-66(115)49(27-57(103)104)87-56(102)17-16-48(73(123)124)89-64(113)35-6-8-36(9-7-35)83-32-39-33-84-63-62(85-39)71(120)96-75(80)95-63/h6-15,24-26,33-34,46-53,83,100-101H,1-5,16-23,27-32,79H2,(H,82,126)(H,87,102)(H,88,116)(H,89,113)(H,90,117)(H,91,114)(H,92,115)(H,93,119)(H,94,118)(H,103,104)(H,105,106)(H,107,108)(H,109,110)(H,111,112)(H,121,122)(H,123,124)(H2,81,86,130)(H3,80,84,95,96,120)/t46-,47+,48-,49+,50+,51+,52+,53+/m0/s1. The Morgan fingerprint density at radius 2 is 1.02 bits per heavy atom. The number of nitrogens with two attached hydrogens (primary N) is 2. The van der Waals surface area contributed by atoms with Crippen LogP contribution in [0.2, 0.25) is 0 Å². The predicted octanol–water partition coefficient (Wildman–Crippen LogP) is -2.43. The lowest BCUT2D eigenvalue weighted by molar-refractivity contribution is -0.145. The van der Waals surface area contributed by atoms with E-state index in [0.717, 1.165) is 0 Å². The number of alkyl carbamates (subject to hydrolysis) is 1. The van der Waals surface area contributed by atoms with Gasteiger partial charge in [-0.2, -0.15) is 9.97 Å². The Balaban J connectivity index is 0.812. The molecule has 130 heavy (non-hydrogen) atoms. The molecule has 5 heterocycles. The number of aryl methyl sites for hydroxylation is 1. The number of ether oxygens (including phenoxy) is 3. The number of benzene rings is 4. The molecule has 9 amide bonds. The highest BCUT2D eigenvalue weighted by Gasteiger charge is 2.54. The molecule has 0 aliphatic carbocycles. The van der Waals surface area contributed by atoms with Gasteiger partial charge < -0.3 is 141 Å². The summed E-state index contributed by atoms with van der Waals surface area (Å²) in [6.45, 7) is -0.317. The number of aliphatic carboxylic acids is 7. The Labute approximate surface area is 737 Å². The summed E-state index contributed by atoms with van der Waals surface area (Å²) in [6.07, 6.45) is -7.18. The van der Waals surface area contributed by atoms with Crippen molar-refractivity contribution in [3.8, 4) is 28.9 Å². The fourth-order valence-corrected chi connectivity index (χ4v) is 13.4. The lowest BCUT2D eigenvalue weighted by Gasteiger charge is -2.36. The molecule has 0 bridgehead atoms. The molecular weight excluding hydrogens is 1740 g/mol. The average molecular weight is 1830 g/mol. The minimum Gasteiger partial charge on any atom is -0.508 e. The molecule has 3 aromatic heterocycles. The lowest BCUT2D eigenvalue weighted by atomic mass is 9.77. The van der Waals surface area contributed by atoms with Crippen molar-refractivity contribution >= 4 is 147 Å². The molecule has 9 rings (SSSR count). The van der Waals surface area contributed by atoms with Gasteiger partial charge in [0.1, 0.15) is 71.3 Å². The third kappa shape index (κ3) is 27.3. The summed E-state index contributed by atoms with van der Waals surface area (Å²) in [7, 11) is 0. The third-order valence-electron chi connectivity index (χ3n) is 19.4. The summed E-state index contributed by atoms with van der Waals surface area (Å²) in [4.78, 5) is 239. The summed E-state index contributed by atoms with van der Waals surface area (Å²) >= 11 is 5.46. The van der Waals surface area contributed by atoms with Gasteiger partial charge in [-0.3, -0.25) is 67.0 Å². The van der Waals surface area contributed by atoms with Crippen LogP contribution in [0.5, 0.6) is 28.9 Å². The summed E-state index contributed by atoms with van der Waals surface area (Å²) < 4.78 is 18.6. The van der Waals surface area contributed by atoms with E-state index >= 15 is 0 Å². The molecule has 8 atom stereocenters. The number of phenolic OH excluding ortho intramolecular Hbond substituents is 2. The van der Waals surface area contributed by atoms with Crippen molar-refractivity contribution in [3.05, 3.63) is 130 Å². The molecule has 0 saturated heterocycles. The number of phenols is 2. The van der Waals surface area contributed by atoms with Crippen molar-refractivity contribution in [2.75, 3.05) is 42.6 Å². The van der Waals surface area contributed by atoms with Gasteiger partial charge >= 0.3 is 53.8 Å². The van der Waals surface area contributed by atoms with Crippen LogP contribution in [0.15, 0.2) is 91.3 Å². The predicted molar refractivity (Wildman–Crippen MR) is 443 cm³/mol. The highest BCUT2D eigenvalue weighted by molar-refractivity contribution is 7.80. The lowest BCUT2D eigenvalue weighted by Crippen LogP contribution is -2.60. The number of thiocarbonyl (C=S) groups is 1. The molecular formula is C78H87N21O30S. The van der Waals surface area contributed by atoms with Crippen LogP contribution < -0.4 is 80.0 Å². The Morgan fingerprint density at radius 1 is 0.531 bits per heavy atom. The summed E-state index contributed by atoms with van der Waals surface area (Å²) in [5.41, 5.74) is 12.2. The number of fused-ring (bicyclic) bond motifs is 7. The first kappa shape index (κ1) is 97.5. The first-order valence-electron chi connectivity index (χ1n) is 39.3. The molecule has 4 aromatic carbocycles. The molecule has 1 spiro atoms. The zero-order chi connectivity index (χ0) is 94.8. The first-order valence-corrected chi connectivity index (χ1v) is 39.7. The molecule has 0 saturated carbocycles.